The van der Waals surface area contributed by atoms with Crippen molar-refractivity contribution < 1.29 is 17.9 Å². The van der Waals surface area contributed by atoms with Crippen LogP contribution in [0.15, 0.2) is 18.3 Å². The predicted octanol–water partition coefficient (Wildman–Crippen LogP) is 4.18. The molecule has 0 atom stereocenters. The van der Waals surface area contributed by atoms with E-state index in [1.165, 1.54) is 13.2 Å². The van der Waals surface area contributed by atoms with Crippen LogP contribution >= 0.6 is 0 Å². The zero-order valence-electron chi connectivity index (χ0n) is 17.5. The SMILES string of the molecule is CNc1cc(C(F)(F)F)c(-c2cc(NC3CCOCC3)nc(N3CCCCC3)n2)cn1. The van der Waals surface area contributed by atoms with Gasteiger partial charge in [-0.15, -0.1) is 0 Å². The Balaban J connectivity index is 1.76. The number of pyridine rings is 1. The van der Waals surface area contributed by atoms with E-state index >= 15 is 0 Å². The van der Waals surface area contributed by atoms with E-state index in [2.05, 4.69) is 25.6 Å². The van der Waals surface area contributed by atoms with Gasteiger partial charge in [-0.2, -0.15) is 18.2 Å². The van der Waals surface area contributed by atoms with Crippen LogP contribution < -0.4 is 15.5 Å². The van der Waals surface area contributed by atoms with Crippen LogP contribution in [-0.4, -0.2) is 54.3 Å². The number of alkyl halides is 3. The molecule has 4 heterocycles. The Labute approximate surface area is 179 Å². The predicted molar refractivity (Wildman–Crippen MR) is 113 cm³/mol. The summed E-state index contributed by atoms with van der Waals surface area (Å²) >= 11 is 0. The normalized spacial score (nSPS) is 18.1. The van der Waals surface area contributed by atoms with Gasteiger partial charge in [0.1, 0.15) is 11.6 Å². The van der Waals surface area contributed by atoms with E-state index in [-0.39, 0.29) is 23.1 Å². The fraction of sp³-hybridized carbons (Fsp3) is 0.571. The van der Waals surface area contributed by atoms with Gasteiger partial charge in [0, 0.05) is 57.2 Å². The number of rotatable bonds is 5. The third-order valence-corrected chi connectivity index (χ3v) is 5.67. The molecule has 31 heavy (non-hydrogen) atoms. The second kappa shape index (κ2) is 9.25. The highest BCUT2D eigenvalue weighted by molar-refractivity contribution is 5.69. The molecule has 2 aromatic rings. The van der Waals surface area contributed by atoms with Crippen molar-refractivity contribution in [3.05, 3.63) is 23.9 Å². The average Bonchev–Trinajstić information content (AvgIpc) is 2.79. The van der Waals surface area contributed by atoms with Gasteiger partial charge in [-0.05, 0) is 38.2 Å². The summed E-state index contributed by atoms with van der Waals surface area (Å²) in [6, 6.07) is 2.77. The number of piperidine rings is 1. The lowest BCUT2D eigenvalue weighted by Gasteiger charge is -2.28. The van der Waals surface area contributed by atoms with Crippen molar-refractivity contribution in [3.8, 4) is 11.3 Å². The topological polar surface area (TPSA) is 75.2 Å². The van der Waals surface area contributed by atoms with Crippen molar-refractivity contribution in [2.75, 3.05) is 48.9 Å². The molecule has 2 aliphatic heterocycles. The van der Waals surface area contributed by atoms with E-state index in [1.54, 1.807) is 6.07 Å². The molecule has 10 heteroatoms. The van der Waals surface area contributed by atoms with Crippen LogP contribution in [0, 0.1) is 0 Å². The van der Waals surface area contributed by atoms with E-state index in [1.807, 2.05) is 4.90 Å². The third kappa shape index (κ3) is 5.17. The molecule has 4 rings (SSSR count). The summed E-state index contributed by atoms with van der Waals surface area (Å²) in [4.78, 5) is 15.4. The molecule has 2 N–H and O–H groups in total. The first-order chi connectivity index (χ1) is 14.9. The Hall–Kier alpha value is -2.62. The van der Waals surface area contributed by atoms with Crippen LogP contribution in [0.5, 0.6) is 0 Å². The zero-order valence-corrected chi connectivity index (χ0v) is 17.5. The minimum atomic E-state index is -4.53. The molecule has 2 aliphatic rings. The highest BCUT2D eigenvalue weighted by atomic mass is 19.4. The summed E-state index contributed by atoms with van der Waals surface area (Å²) in [5.74, 6) is 1.14. The third-order valence-electron chi connectivity index (χ3n) is 5.67. The smallest absolute Gasteiger partial charge is 0.381 e. The van der Waals surface area contributed by atoms with Gasteiger partial charge in [-0.3, -0.25) is 0 Å². The van der Waals surface area contributed by atoms with Gasteiger partial charge in [0.25, 0.3) is 0 Å². The number of nitrogens with zero attached hydrogens (tertiary/aromatic N) is 4. The quantitative estimate of drug-likeness (QED) is 0.728. The summed E-state index contributed by atoms with van der Waals surface area (Å²) < 4.78 is 46.9. The molecule has 0 aromatic carbocycles. The molecule has 2 saturated heterocycles. The van der Waals surface area contributed by atoms with Crippen molar-refractivity contribution in [1.82, 2.24) is 15.0 Å². The Kier molecular flexibility index (Phi) is 6.45. The molecule has 0 spiro atoms. The average molecular weight is 436 g/mol. The van der Waals surface area contributed by atoms with Crippen molar-refractivity contribution in [2.24, 2.45) is 0 Å². The maximum atomic E-state index is 13.8. The maximum absolute atomic E-state index is 13.8. The highest BCUT2D eigenvalue weighted by Crippen LogP contribution is 2.38. The fourth-order valence-electron chi connectivity index (χ4n) is 3.96. The van der Waals surface area contributed by atoms with E-state index in [9.17, 15) is 13.2 Å². The molecule has 0 saturated carbocycles. The van der Waals surface area contributed by atoms with Crippen LogP contribution in [0.25, 0.3) is 11.3 Å². The fourth-order valence-corrected chi connectivity index (χ4v) is 3.96. The summed E-state index contributed by atoms with van der Waals surface area (Å²) in [5.41, 5.74) is -0.609. The van der Waals surface area contributed by atoms with Gasteiger partial charge in [0.05, 0.1) is 11.3 Å². The Morgan fingerprint density at radius 2 is 1.77 bits per heavy atom. The minimum absolute atomic E-state index is 0.0535. The summed E-state index contributed by atoms with van der Waals surface area (Å²) in [6.07, 6.45) is 1.51. The lowest BCUT2D eigenvalue weighted by Crippen LogP contribution is -2.32. The largest absolute Gasteiger partial charge is 0.417 e. The van der Waals surface area contributed by atoms with Crippen LogP contribution in [0.1, 0.15) is 37.7 Å². The molecule has 2 fully saturated rings. The van der Waals surface area contributed by atoms with E-state index in [0.717, 1.165) is 51.3 Å². The molecule has 0 bridgehead atoms. The second-order valence-electron chi connectivity index (χ2n) is 7.88. The van der Waals surface area contributed by atoms with Crippen LogP contribution in [0.4, 0.5) is 30.8 Å². The van der Waals surface area contributed by atoms with Crippen molar-refractivity contribution in [1.29, 1.82) is 0 Å². The monoisotopic (exact) mass is 436 g/mol. The molecule has 0 aliphatic carbocycles. The number of anilines is 3. The summed E-state index contributed by atoms with van der Waals surface area (Å²) in [6.45, 7) is 2.90. The van der Waals surface area contributed by atoms with Crippen molar-refractivity contribution in [2.45, 2.75) is 44.3 Å². The molecule has 2 aromatic heterocycles. The van der Waals surface area contributed by atoms with Gasteiger partial charge in [0.2, 0.25) is 5.95 Å². The van der Waals surface area contributed by atoms with Gasteiger partial charge in [-0.25, -0.2) is 9.97 Å². The summed E-state index contributed by atoms with van der Waals surface area (Å²) in [5, 5.41) is 6.05. The number of nitrogens with one attached hydrogen (secondary N) is 2. The highest BCUT2D eigenvalue weighted by Gasteiger charge is 2.35. The minimum Gasteiger partial charge on any atom is -0.381 e. The van der Waals surface area contributed by atoms with E-state index < -0.39 is 11.7 Å². The Morgan fingerprint density at radius 1 is 1.03 bits per heavy atom. The number of hydrogen-bond donors (Lipinski definition) is 2. The van der Waals surface area contributed by atoms with E-state index in [0.29, 0.717) is 25.0 Å². The van der Waals surface area contributed by atoms with Crippen molar-refractivity contribution in [3.63, 3.8) is 0 Å². The standard InChI is InChI=1S/C21H27F3N6O/c1-25-18-11-16(21(22,23)24)15(13-26-18)17-12-19(27-14-5-9-31-10-6-14)29-20(28-17)30-7-3-2-4-8-30/h11-14H,2-10H2,1H3,(H,25,26)(H,27,28,29). The second-order valence-corrected chi connectivity index (χ2v) is 7.88. The number of halogens is 3. The van der Waals surface area contributed by atoms with E-state index in [4.69, 9.17) is 4.74 Å². The van der Waals surface area contributed by atoms with Gasteiger partial charge in [-0.1, -0.05) is 0 Å². The van der Waals surface area contributed by atoms with Crippen LogP contribution in [0.2, 0.25) is 0 Å². The molecule has 0 amide bonds. The van der Waals surface area contributed by atoms with Gasteiger partial charge < -0.3 is 20.3 Å². The zero-order chi connectivity index (χ0) is 21.8. The first-order valence-corrected chi connectivity index (χ1v) is 10.7. The summed E-state index contributed by atoms with van der Waals surface area (Å²) in [7, 11) is 1.54. The first kappa shape index (κ1) is 21.6. The lowest BCUT2D eigenvalue weighted by molar-refractivity contribution is -0.137. The van der Waals surface area contributed by atoms with Crippen LogP contribution in [0.3, 0.4) is 0 Å². The van der Waals surface area contributed by atoms with Gasteiger partial charge >= 0.3 is 6.18 Å². The maximum Gasteiger partial charge on any atom is 0.417 e. The molecular weight excluding hydrogens is 409 g/mol. The molecule has 168 valence electrons. The lowest BCUT2D eigenvalue weighted by atomic mass is 10.1. The van der Waals surface area contributed by atoms with Crippen LogP contribution in [-0.2, 0) is 10.9 Å². The first-order valence-electron chi connectivity index (χ1n) is 10.7. The molecular formula is C21H27F3N6O. The number of aromatic nitrogens is 3. The Bertz CT molecular complexity index is 895. The number of hydrogen-bond acceptors (Lipinski definition) is 7. The van der Waals surface area contributed by atoms with Crippen molar-refractivity contribution >= 4 is 17.6 Å². The molecule has 0 unspecified atom stereocenters. The number of ether oxygens (including phenoxy) is 1. The molecule has 0 radical (unpaired) electrons. The Morgan fingerprint density at radius 3 is 2.45 bits per heavy atom. The van der Waals surface area contributed by atoms with Gasteiger partial charge in [0.15, 0.2) is 0 Å². The molecule has 7 nitrogen and oxygen atoms in total.